The lowest BCUT2D eigenvalue weighted by atomic mass is 9.92. The zero-order valence-electron chi connectivity index (χ0n) is 14.3. The van der Waals surface area contributed by atoms with Crippen molar-refractivity contribution >= 4 is 28.8 Å². The molecule has 1 aliphatic heterocycles. The van der Waals surface area contributed by atoms with E-state index in [4.69, 9.17) is 9.47 Å². The van der Waals surface area contributed by atoms with Crippen molar-refractivity contribution in [2.75, 3.05) is 13.2 Å². The molecule has 0 aliphatic carbocycles. The van der Waals surface area contributed by atoms with E-state index in [0.29, 0.717) is 12.3 Å². The van der Waals surface area contributed by atoms with Crippen molar-refractivity contribution in [3.05, 3.63) is 29.6 Å². The fourth-order valence-electron chi connectivity index (χ4n) is 3.28. The van der Waals surface area contributed by atoms with Gasteiger partial charge in [0, 0.05) is 23.7 Å². The molecule has 0 N–H and O–H groups in total. The molecule has 25 heavy (non-hydrogen) atoms. The smallest absolute Gasteiger partial charge is 0.316 e. The molecule has 0 bridgehead atoms. The quantitative estimate of drug-likeness (QED) is 0.603. The topological polar surface area (TPSA) is 87.5 Å². The lowest BCUT2D eigenvalue weighted by Gasteiger charge is -2.23. The summed E-state index contributed by atoms with van der Waals surface area (Å²) in [6.45, 7) is 4.04. The monoisotopic (exact) mass is 344 g/mol. The summed E-state index contributed by atoms with van der Waals surface area (Å²) < 4.78 is 11.9. The van der Waals surface area contributed by atoms with Gasteiger partial charge in [0.1, 0.15) is 11.6 Å². The van der Waals surface area contributed by atoms with Gasteiger partial charge in [-0.1, -0.05) is 0 Å². The van der Waals surface area contributed by atoms with Crippen LogP contribution in [-0.4, -0.2) is 40.5 Å². The Balaban J connectivity index is 2.05. The van der Waals surface area contributed by atoms with Gasteiger partial charge in [-0.3, -0.25) is 14.4 Å². The summed E-state index contributed by atoms with van der Waals surface area (Å²) >= 11 is 0. The van der Waals surface area contributed by atoms with Gasteiger partial charge >= 0.3 is 11.9 Å². The summed E-state index contributed by atoms with van der Waals surface area (Å²) in [7, 11) is 0. The first-order valence-corrected chi connectivity index (χ1v) is 8.36. The Morgan fingerprint density at radius 3 is 2.76 bits per heavy atom. The molecule has 1 atom stereocenters. The van der Waals surface area contributed by atoms with Crippen LogP contribution in [0.3, 0.4) is 0 Å². The molecule has 132 valence electrons. The number of rotatable bonds is 5. The Bertz CT molecular complexity index is 839. The van der Waals surface area contributed by atoms with Crippen molar-refractivity contribution < 1.29 is 23.9 Å². The lowest BCUT2D eigenvalue weighted by molar-refractivity contribution is -0.152. The Kier molecular flexibility index (Phi) is 4.83. The predicted molar refractivity (Wildman–Crippen MR) is 88.9 cm³/mol. The van der Waals surface area contributed by atoms with Crippen LogP contribution in [0.1, 0.15) is 25.1 Å². The summed E-state index contributed by atoms with van der Waals surface area (Å²) in [5, 5.41) is 0.808. The van der Waals surface area contributed by atoms with Crippen molar-refractivity contribution in [1.82, 2.24) is 9.55 Å². The van der Waals surface area contributed by atoms with Gasteiger partial charge in [0.15, 0.2) is 5.78 Å². The maximum absolute atomic E-state index is 12.4. The zero-order chi connectivity index (χ0) is 18.0. The number of ether oxygens (including phenoxy) is 2. The van der Waals surface area contributed by atoms with Gasteiger partial charge < -0.3 is 14.0 Å². The lowest BCUT2D eigenvalue weighted by Crippen LogP contribution is -2.36. The minimum absolute atomic E-state index is 0.0507. The third kappa shape index (κ3) is 3.14. The van der Waals surface area contributed by atoms with Crippen LogP contribution in [0.25, 0.3) is 11.0 Å². The van der Waals surface area contributed by atoms with E-state index in [1.54, 1.807) is 30.7 Å². The van der Waals surface area contributed by atoms with Gasteiger partial charge in [-0.25, -0.2) is 4.98 Å². The number of nitrogens with zero attached hydrogens (tertiary/aromatic N) is 2. The first-order valence-electron chi connectivity index (χ1n) is 8.36. The van der Waals surface area contributed by atoms with E-state index < -0.39 is 11.9 Å². The highest BCUT2D eigenvalue weighted by molar-refractivity contribution is 6.01. The standard InChI is InChI=1S/C18H20N2O5/c1-3-24-16(22)9-12-11-6-5-7-19-17(11)20-10-15(21)13(8-14(12)20)18(23)25-4-2/h5-7,13H,3-4,8-10H2,1-2H3. The van der Waals surface area contributed by atoms with E-state index in [2.05, 4.69) is 4.98 Å². The Morgan fingerprint density at radius 1 is 1.28 bits per heavy atom. The third-order valence-electron chi connectivity index (χ3n) is 4.34. The molecule has 0 spiro atoms. The molecule has 7 nitrogen and oxygen atoms in total. The second-order valence-electron chi connectivity index (χ2n) is 5.84. The van der Waals surface area contributed by atoms with E-state index in [0.717, 1.165) is 16.6 Å². The van der Waals surface area contributed by atoms with Crippen LogP contribution in [0.5, 0.6) is 0 Å². The van der Waals surface area contributed by atoms with Crippen LogP contribution in [0, 0.1) is 5.92 Å². The van der Waals surface area contributed by atoms with Crippen molar-refractivity contribution in [2.24, 2.45) is 5.92 Å². The first kappa shape index (κ1) is 17.1. The van der Waals surface area contributed by atoms with Gasteiger partial charge in [0.2, 0.25) is 0 Å². The SMILES string of the molecule is CCOC(=O)Cc1c2n(c3ncccc13)CC(=O)C(C(=O)OCC)C2. The van der Waals surface area contributed by atoms with Crippen LogP contribution in [0.4, 0.5) is 0 Å². The highest BCUT2D eigenvalue weighted by Crippen LogP contribution is 2.31. The molecular formula is C18H20N2O5. The number of aromatic nitrogens is 2. The third-order valence-corrected chi connectivity index (χ3v) is 4.34. The highest BCUT2D eigenvalue weighted by Gasteiger charge is 2.36. The minimum Gasteiger partial charge on any atom is -0.466 e. The molecule has 7 heteroatoms. The zero-order valence-corrected chi connectivity index (χ0v) is 14.3. The molecule has 3 rings (SSSR count). The summed E-state index contributed by atoms with van der Waals surface area (Å²) in [5.74, 6) is -1.89. The Labute approximate surface area is 144 Å². The second kappa shape index (κ2) is 7.04. The maximum Gasteiger partial charge on any atom is 0.316 e. The number of carbonyl (C=O) groups is 3. The average molecular weight is 344 g/mol. The highest BCUT2D eigenvalue weighted by atomic mass is 16.5. The fourth-order valence-corrected chi connectivity index (χ4v) is 3.28. The number of carbonyl (C=O) groups excluding carboxylic acids is 3. The Hall–Kier alpha value is -2.70. The molecule has 0 fully saturated rings. The van der Waals surface area contributed by atoms with Gasteiger partial charge in [0.25, 0.3) is 0 Å². The molecule has 1 unspecified atom stereocenters. The fraction of sp³-hybridized carbons (Fsp3) is 0.444. The Morgan fingerprint density at radius 2 is 2.04 bits per heavy atom. The number of pyridine rings is 1. The van der Waals surface area contributed by atoms with Gasteiger partial charge in [-0.2, -0.15) is 0 Å². The summed E-state index contributed by atoms with van der Waals surface area (Å²) in [5.41, 5.74) is 2.19. The van der Waals surface area contributed by atoms with Gasteiger partial charge in [-0.05, 0) is 31.5 Å². The van der Waals surface area contributed by atoms with Crippen molar-refractivity contribution in [2.45, 2.75) is 33.2 Å². The van der Waals surface area contributed by atoms with Crippen molar-refractivity contribution in [3.63, 3.8) is 0 Å². The van der Waals surface area contributed by atoms with Gasteiger partial charge in [0.05, 0.1) is 26.2 Å². The van der Waals surface area contributed by atoms with Crippen LogP contribution in [0.15, 0.2) is 18.3 Å². The van der Waals surface area contributed by atoms with Crippen LogP contribution >= 0.6 is 0 Å². The number of esters is 2. The summed E-state index contributed by atoms with van der Waals surface area (Å²) in [4.78, 5) is 40.9. The largest absolute Gasteiger partial charge is 0.466 e. The summed E-state index contributed by atoms with van der Waals surface area (Å²) in [6, 6.07) is 3.65. The molecular weight excluding hydrogens is 324 g/mol. The molecule has 0 radical (unpaired) electrons. The van der Waals surface area contributed by atoms with Crippen LogP contribution in [0.2, 0.25) is 0 Å². The predicted octanol–water partition coefficient (Wildman–Crippen LogP) is 1.45. The van der Waals surface area contributed by atoms with E-state index in [-0.39, 0.29) is 37.7 Å². The normalized spacial score (nSPS) is 16.6. The van der Waals surface area contributed by atoms with E-state index in [1.165, 1.54) is 0 Å². The molecule has 0 saturated carbocycles. The molecule has 0 amide bonds. The molecule has 3 heterocycles. The maximum atomic E-state index is 12.4. The van der Waals surface area contributed by atoms with Crippen LogP contribution in [-0.2, 0) is 43.2 Å². The second-order valence-corrected chi connectivity index (χ2v) is 5.84. The first-order chi connectivity index (χ1) is 12.1. The molecule has 1 aliphatic rings. The van der Waals surface area contributed by atoms with Crippen molar-refractivity contribution in [3.8, 4) is 0 Å². The molecule has 0 aromatic carbocycles. The average Bonchev–Trinajstić information content (AvgIpc) is 2.88. The molecule has 2 aromatic heterocycles. The molecule has 2 aromatic rings. The van der Waals surface area contributed by atoms with Crippen molar-refractivity contribution in [1.29, 1.82) is 0 Å². The number of Topliss-reactive ketones (excluding diaryl/α,β-unsaturated/α-hetero) is 1. The van der Waals surface area contributed by atoms with E-state index in [1.807, 2.05) is 6.07 Å². The van der Waals surface area contributed by atoms with E-state index >= 15 is 0 Å². The number of fused-ring (bicyclic) bond motifs is 3. The number of ketones is 1. The van der Waals surface area contributed by atoms with Gasteiger partial charge in [-0.15, -0.1) is 0 Å². The van der Waals surface area contributed by atoms with Crippen LogP contribution < -0.4 is 0 Å². The van der Waals surface area contributed by atoms with E-state index in [9.17, 15) is 14.4 Å². The molecule has 0 saturated heterocycles. The number of hydrogen-bond acceptors (Lipinski definition) is 6. The summed E-state index contributed by atoms with van der Waals surface area (Å²) in [6.07, 6.45) is 1.94. The number of hydrogen-bond donors (Lipinski definition) is 0. The minimum atomic E-state index is -0.835.